The van der Waals surface area contributed by atoms with E-state index in [4.69, 9.17) is 9.84 Å². The van der Waals surface area contributed by atoms with Gasteiger partial charge in [0.2, 0.25) is 0 Å². The lowest BCUT2D eigenvalue weighted by Crippen LogP contribution is -2.29. The number of aromatic nitrogens is 4. The molecule has 1 amide bonds. The Kier molecular flexibility index (Phi) is 15.6. The molecule has 0 bridgehead atoms. The van der Waals surface area contributed by atoms with Crippen molar-refractivity contribution in [2.45, 2.75) is 117 Å². The first kappa shape index (κ1) is 37.3. The number of nitrogens with zero attached hydrogens (tertiary/aromatic N) is 5. The lowest BCUT2D eigenvalue weighted by molar-refractivity contribution is 0.0947. The highest BCUT2D eigenvalue weighted by Crippen LogP contribution is 2.31. The van der Waals surface area contributed by atoms with Gasteiger partial charge in [0, 0.05) is 24.5 Å². The molecule has 9 nitrogen and oxygen atoms in total. The van der Waals surface area contributed by atoms with Crippen LogP contribution in [0.3, 0.4) is 0 Å². The number of methoxy groups -OCH3 is 1. The summed E-state index contributed by atoms with van der Waals surface area (Å²) in [5, 5.41) is 28.5. The van der Waals surface area contributed by atoms with Crippen molar-refractivity contribution in [1.29, 1.82) is 0 Å². The Labute approximate surface area is 290 Å². The standard InChI is InChI=1S/C38H56N6O3S/c1-5-8-11-13-15-17-24-43(25-18-16-14-12-9-6-2)34-22-20-30(48-34)27-32-35(38(46)39-23-10-7-3)42-44-36(40-41-37(32)44)31-26-29(28-45)19-21-33(31)47-4/h19-22,26-27,45H,5-18,23-25,28H2,1-4H3,(H,39,46). The lowest BCUT2D eigenvalue weighted by Gasteiger charge is -2.23. The van der Waals surface area contributed by atoms with Gasteiger partial charge in [-0.2, -0.15) is 9.61 Å². The monoisotopic (exact) mass is 676 g/mol. The number of aliphatic hydroxyl groups is 1. The fourth-order valence-corrected chi connectivity index (χ4v) is 6.99. The molecule has 0 atom stereocenters. The van der Waals surface area contributed by atoms with Crippen LogP contribution < -0.4 is 20.2 Å². The van der Waals surface area contributed by atoms with E-state index < -0.39 is 0 Å². The number of benzene rings is 1. The Morgan fingerprint density at radius 2 is 1.56 bits per heavy atom. The molecule has 3 aromatic heterocycles. The lowest BCUT2D eigenvalue weighted by atomic mass is 10.1. The van der Waals surface area contributed by atoms with Crippen LogP contribution in [-0.2, 0) is 6.61 Å². The van der Waals surface area contributed by atoms with Crippen molar-refractivity contribution in [3.05, 3.63) is 51.7 Å². The molecule has 0 unspecified atom stereocenters. The van der Waals surface area contributed by atoms with Gasteiger partial charge in [0.1, 0.15) is 5.75 Å². The van der Waals surface area contributed by atoms with Gasteiger partial charge < -0.3 is 20.1 Å². The number of aliphatic hydroxyl groups excluding tert-OH is 1. The van der Waals surface area contributed by atoms with Crippen LogP contribution in [-0.4, -0.2) is 57.6 Å². The highest BCUT2D eigenvalue weighted by atomic mass is 32.1. The van der Waals surface area contributed by atoms with Crippen molar-refractivity contribution >= 4 is 34.0 Å². The summed E-state index contributed by atoms with van der Waals surface area (Å²) in [4.78, 5) is 17.1. The first-order valence-corrected chi connectivity index (χ1v) is 19.0. The van der Waals surface area contributed by atoms with Crippen LogP contribution in [0.15, 0.2) is 30.3 Å². The van der Waals surface area contributed by atoms with Crippen molar-refractivity contribution in [2.75, 3.05) is 31.6 Å². The average molecular weight is 677 g/mol. The number of nitrogens with one attached hydrogen (secondary N) is 1. The third-order valence-electron chi connectivity index (χ3n) is 8.83. The summed E-state index contributed by atoms with van der Waals surface area (Å²) >= 11 is 1.75. The smallest absolute Gasteiger partial charge is 0.272 e. The molecular formula is C38H56N6O3S. The maximum absolute atomic E-state index is 13.5. The number of rotatable bonds is 23. The highest BCUT2D eigenvalue weighted by molar-refractivity contribution is 7.16. The van der Waals surface area contributed by atoms with Crippen LogP contribution in [0.5, 0.6) is 5.75 Å². The zero-order valence-corrected chi connectivity index (χ0v) is 30.4. The van der Waals surface area contributed by atoms with Crippen molar-refractivity contribution in [3.8, 4) is 17.1 Å². The molecule has 0 saturated heterocycles. The Balaban J connectivity index is 1.66. The number of fused-ring (bicyclic) bond motifs is 1. The number of unbranched alkanes of at least 4 members (excludes halogenated alkanes) is 11. The number of anilines is 1. The van der Waals surface area contributed by atoms with Crippen molar-refractivity contribution in [3.63, 3.8) is 0 Å². The highest BCUT2D eigenvalue weighted by Gasteiger charge is 2.22. The van der Waals surface area contributed by atoms with Gasteiger partial charge in [-0.05, 0) is 55.2 Å². The fourth-order valence-electron chi connectivity index (χ4n) is 5.99. The summed E-state index contributed by atoms with van der Waals surface area (Å²) < 4.78 is 7.23. The first-order chi connectivity index (χ1) is 23.5. The van der Waals surface area contributed by atoms with Crippen LogP contribution >= 0.6 is 11.3 Å². The molecule has 0 spiro atoms. The molecule has 0 aliphatic rings. The van der Waals surface area contributed by atoms with E-state index in [2.05, 4.69) is 53.3 Å². The second-order valence-corrected chi connectivity index (χ2v) is 13.8. The average Bonchev–Trinajstić information content (AvgIpc) is 3.83. The number of carbonyl (C=O) groups excluding carboxylic acids is 1. The summed E-state index contributed by atoms with van der Waals surface area (Å²) in [6.45, 7) is 9.23. The van der Waals surface area contributed by atoms with Crippen LogP contribution in [0.1, 0.15) is 132 Å². The predicted molar refractivity (Wildman–Crippen MR) is 198 cm³/mol. The topological polar surface area (TPSA) is 105 Å². The van der Waals surface area contributed by atoms with E-state index in [9.17, 15) is 9.90 Å². The van der Waals surface area contributed by atoms with E-state index in [1.165, 1.54) is 82.1 Å². The molecule has 1 aromatic carbocycles. The third kappa shape index (κ3) is 10.3. The first-order valence-electron chi connectivity index (χ1n) is 18.2. The molecule has 4 aromatic rings. The number of amides is 1. The van der Waals surface area contributed by atoms with Crippen molar-refractivity contribution in [1.82, 2.24) is 25.1 Å². The van der Waals surface area contributed by atoms with Gasteiger partial charge >= 0.3 is 0 Å². The summed E-state index contributed by atoms with van der Waals surface area (Å²) in [5.74, 6) is 0.810. The van der Waals surface area contributed by atoms with Gasteiger partial charge in [-0.15, -0.1) is 21.5 Å². The second kappa shape index (κ2) is 20.1. The molecule has 0 radical (unpaired) electrons. The Hall–Kier alpha value is -3.50. The van der Waals surface area contributed by atoms with Gasteiger partial charge in [0.15, 0.2) is 17.2 Å². The van der Waals surface area contributed by atoms with E-state index in [-0.39, 0.29) is 12.5 Å². The third-order valence-corrected chi connectivity index (χ3v) is 9.92. The Bertz CT molecular complexity index is 1580. The molecule has 0 aliphatic heterocycles. The number of ether oxygens (including phenoxy) is 1. The van der Waals surface area contributed by atoms with Crippen molar-refractivity contribution < 1.29 is 14.6 Å². The Morgan fingerprint density at radius 3 is 2.21 bits per heavy atom. The van der Waals surface area contributed by atoms with Crippen LogP contribution in [0, 0.1) is 0 Å². The van der Waals surface area contributed by atoms with E-state index in [0.29, 0.717) is 40.2 Å². The van der Waals surface area contributed by atoms with Gasteiger partial charge in [-0.1, -0.05) is 97.5 Å². The van der Waals surface area contributed by atoms with Crippen LogP contribution in [0.2, 0.25) is 0 Å². The fraction of sp³-hybridized carbons (Fsp3) is 0.579. The summed E-state index contributed by atoms with van der Waals surface area (Å²) in [5.41, 5.74) is 2.20. The molecule has 0 aliphatic carbocycles. The van der Waals surface area contributed by atoms with Gasteiger partial charge in [0.25, 0.3) is 5.91 Å². The normalized spacial score (nSPS) is 11.9. The zero-order chi connectivity index (χ0) is 34.1. The minimum Gasteiger partial charge on any atom is -0.496 e. The molecular weight excluding hydrogens is 621 g/mol. The largest absolute Gasteiger partial charge is 0.496 e. The van der Waals surface area contributed by atoms with Gasteiger partial charge in [-0.25, -0.2) is 0 Å². The molecule has 2 N–H and O–H groups in total. The summed E-state index contributed by atoms with van der Waals surface area (Å²) in [6, 6.07) is 9.79. The molecule has 10 heteroatoms. The zero-order valence-electron chi connectivity index (χ0n) is 29.6. The molecule has 0 saturated carbocycles. The van der Waals surface area contributed by atoms with Crippen LogP contribution in [0.25, 0.3) is 23.1 Å². The molecule has 4 rings (SSSR count). The summed E-state index contributed by atoms with van der Waals surface area (Å²) in [6.07, 6.45) is 19.3. The molecule has 3 heterocycles. The molecule has 48 heavy (non-hydrogen) atoms. The predicted octanol–water partition coefficient (Wildman–Crippen LogP) is 7.96. The minimum absolute atomic E-state index is 0.118. The number of thiophene rings is 1. The van der Waals surface area contributed by atoms with E-state index >= 15 is 0 Å². The van der Waals surface area contributed by atoms with Gasteiger partial charge in [0.05, 0.1) is 29.5 Å². The summed E-state index contributed by atoms with van der Waals surface area (Å²) in [7, 11) is 1.59. The maximum atomic E-state index is 13.5. The Morgan fingerprint density at radius 1 is 0.896 bits per heavy atom. The van der Waals surface area contributed by atoms with Gasteiger partial charge in [-0.3, -0.25) is 4.79 Å². The van der Waals surface area contributed by atoms with E-state index in [0.717, 1.165) is 36.4 Å². The minimum atomic E-state index is -0.230. The quantitative estimate of drug-likeness (QED) is 0.0769. The van der Waals surface area contributed by atoms with E-state index in [1.54, 1.807) is 35.1 Å². The van der Waals surface area contributed by atoms with E-state index in [1.807, 2.05) is 12.1 Å². The number of hydrogen-bond donors (Lipinski definition) is 2. The van der Waals surface area contributed by atoms with Crippen LogP contribution in [0.4, 0.5) is 5.00 Å². The SMILES string of the molecule is CCCCCCCCN(CCCCCCCC)c1ccc(C=c2c(C(=O)NCCCC)nn3c(-c4cc(CO)ccc4OC)nnc23)s1. The molecule has 0 fully saturated rings. The maximum Gasteiger partial charge on any atom is 0.272 e. The number of hydrogen-bond acceptors (Lipinski definition) is 8. The number of carbonyl (C=O) groups is 1. The molecule has 262 valence electrons. The van der Waals surface area contributed by atoms with Crippen molar-refractivity contribution in [2.24, 2.45) is 0 Å². The second-order valence-electron chi connectivity index (χ2n) is 12.7.